The highest BCUT2D eigenvalue weighted by atomic mass is 35.5. The van der Waals surface area contributed by atoms with Crippen molar-refractivity contribution in [1.82, 2.24) is 9.78 Å². The van der Waals surface area contributed by atoms with Crippen molar-refractivity contribution in [2.24, 2.45) is 12.2 Å². The Bertz CT molecular complexity index is 727. The molecule has 1 aromatic heterocycles. The number of hydrogen-bond acceptors (Lipinski definition) is 4. The van der Waals surface area contributed by atoms with Crippen LogP contribution in [0.5, 0.6) is 0 Å². The normalized spacial score (nSPS) is 13.2. The van der Waals surface area contributed by atoms with Crippen molar-refractivity contribution >= 4 is 27.3 Å². The van der Waals surface area contributed by atoms with E-state index < -0.39 is 10.0 Å². The predicted molar refractivity (Wildman–Crippen MR) is 78.1 cm³/mol. The summed E-state index contributed by atoms with van der Waals surface area (Å²) in [6, 6.07) is 4.22. The van der Waals surface area contributed by atoms with Gasteiger partial charge in [-0.2, -0.15) is 5.10 Å². The lowest BCUT2D eigenvalue weighted by Gasteiger charge is -2.15. The number of rotatable bonds is 4. The van der Waals surface area contributed by atoms with Crippen LogP contribution in [0.15, 0.2) is 35.5 Å². The van der Waals surface area contributed by atoms with Crippen molar-refractivity contribution in [2.45, 2.75) is 17.9 Å². The zero-order valence-corrected chi connectivity index (χ0v) is 12.6. The van der Waals surface area contributed by atoms with Crippen LogP contribution in [0.3, 0.4) is 0 Å². The third-order valence-corrected chi connectivity index (χ3v) is 4.10. The summed E-state index contributed by atoms with van der Waals surface area (Å²) in [5.41, 5.74) is 1.47. The minimum Gasteiger partial charge on any atom is -0.377 e. The van der Waals surface area contributed by atoms with Gasteiger partial charge >= 0.3 is 0 Å². The fraction of sp³-hybridized carbons (Fsp3) is 0.250. The van der Waals surface area contributed by atoms with Crippen LogP contribution in [0.4, 0.5) is 5.69 Å². The van der Waals surface area contributed by atoms with E-state index in [0.29, 0.717) is 10.7 Å². The maximum Gasteiger partial charge on any atom is 0.238 e. The number of nitrogens with one attached hydrogen (secondary N) is 1. The molecule has 2 rings (SSSR count). The summed E-state index contributed by atoms with van der Waals surface area (Å²) in [5.74, 6) is 0. The zero-order chi connectivity index (χ0) is 14.9. The summed E-state index contributed by atoms with van der Waals surface area (Å²) >= 11 is 6.06. The van der Waals surface area contributed by atoms with Crippen LogP contribution < -0.4 is 10.5 Å². The molecular weight excluding hydrogens is 300 g/mol. The minimum atomic E-state index is -3.75. The molecule has 0 bridgehead atoms. The standard InChI is InChI=1S/C12H15ClN4O2S/c1-8(9-6-15-17(2)7-9)16-12-5-10(20(14,18)19)3-4-11(12)13/h3-8,16H,1-2H3,(H2,14,18,19). The summed E-state index contributed by atoms with van der Waals surface area (Å²) < 4.78 is 24.4. The summed E-state index contributed by atoms with van der Waals surface area (Å²) in [4.78, 5) is 0.0165. The molecule has 1 heterocycles. The molecule has 0 aliphatic heterocycles. The molecule has 8 heteroatoms. The molecule has 0 radical (unpaired) electrons. The first-order chi connectivity index (χ1) is 9.27. The van der Waals surface area contributed by atoms with E-state index in [1.54, 1.807) is 10.9 Å². The quantitative estimate of drug-likeness (QED) is 0.901. The molecule has 0 amide bonds. The van der Waals surface area contributed by atoms with Crippen LogP contribution in [0.2, 0.25) is 5.02 Å². The second-order valence-electron chi connectivity index (χ2n) is 4.50. The number of anilines is 1. The molecular formula is C12H15ClN4O2S. The highest BCUT2D eigenvalue weighted by molar-refractivity contribution is 7.89. The molecule has 20 heavy (non-hydrogen) atoms. The number of aryl methyl sites for hydroxylation is 1. The zero-order valence-electron chi connectivity index (χ0n) is 11.0. The first kappa shape index (κ1) is 14.8. The third kappa shape index (κ3) is 3.30. The molecule has 108 valence electrons. The molecule has 0 saturated carbocycles. The molecule has 0 aliphatic carbocycles. The monoisotopic (exact) mass is 314 g/mol. The van der Waals surface area contributed by atoms with Gasteiger partial charge in [-0.3, -0.25) is 4.68 Å². The number of aromatic nitrogens is 2. The topological polar surface area (TPSA) is 90.0 Å². The van der Waals surface area contributed by atoms with Crippen molar-refractivity contribution < 1.29 is 8.42 Å². The van der Waals surface area contributed by atoms with Gasteiger partial charge in [0.15, 0.2) is 0 Å². The first-order valence-electron chi connectivity index (χ1n) is 5.85. The largest absolute Gasteiger partial charge is 0.377 e. The van der Waals surface area contributed by atoms with E-state index >= 15 is 0 Å². The molecule has 6 nitrogen and oxygen atoms in total. The smallest absolute Gasteiger partial charge is 0.238 e. The van der Waals surface area contributed by atoms with Crippen LogP contribution in [0.1, 0.15) is 18.5 Å². The Morgan fingerprint density at radius 3 is 2.70 bits per heavy atom. The number of sulfonamides is 1. The molecule has 3 N–H and O–H groups in total. The lowest BCUT2D eigenvalue weighted by atomic mass is 10.2. The van der Waals surface area contributed by atoms with E-state index in [9.17, 15) is 8.42 Å². The van der Waals surface area contributed by atoms with Gasteiger partial charge in [0, 0.05) is 18.8 Å². The van der Waals surface area contributed by atoms with Gasteiger partial charge in [-0.25, -0.2) is 13.6 Å². The first-order valence-corrected chi connectivity index (χ1v) is 7.77. The summed E-state index contributed by atoms with van der Waals surface area (Å²) in [5, 5.41) is 12.8. The van der Waals surface area contributed by atoms with Crippen LogP contribution in [-0.2, 0) is 17.1 Å². The van der Waals surface area contributed by atoms with Gasteiger partial charge in [-0.05, 0) is 25.1 Å². The third-order valence-electron chi connectivity index (χ3n) is 2.86. The predicted octanol–water partition coefficient (Wildman–Crippen LogP) is 1.89. The molecule has 0 aliphatic rings. The molecule has 0 fully saturated rings. The SMILES string of the molecule is CC(Nc1cc(S(N)(=O)=O)ccc1Cl)c1cnn(C)c1. The van der Waals surface area contributed by atoms with Crippen LogP contribution in [-0.4, -0.2) is 18.2 Å². The molecule has 0 saturated heterocycles. The van der Waals surface area contributed by atoms with E-state index in [1.807, 2.05) is 20.2 Å². The Labute approximate surface area is 122 Å². The van der Waals surface area contributed by atoms with Crippen LogP contribution >= 0.6 is 11.6 Å². The van der Waals surface area contributed by atoms with Crippen LogP contribution in [0.25, 0.3) is 0 Å². The van der Waals surface area contributed by atoms with E-state index in [1.165, 1.54) is 18.2 Å². The average Bonchev–Trinajstić information content (AvgIpc) is 2.77. The fourth-order valence-electron chi connectivity index (χ4n) is 1.77. The Morgan fingerprint density at radius 2 is 2.15 bits per heavy atom. The number of nitrogens with zero attached hydrogens (tertiary/aromatic N) is 2. The van der Waals surface area contributed by atoms with Gasteiger partial charge in [-0.15, -0.1) is 0 Å². The molecule has 2 aromatic rings. The molecule has 1 unspecified atom stereocenters. The Balaban J connectivity index is 2.29. The second-order valence-corrected chi connectivity index (χ2v) is 6.47. The maximum atomic E-state index is 11.3. The van der Waals surface area contributed by atoms with Crippen molar-refractivity contribution in [3.63, 3.8) is 0 Å². The molecule has 1 aromatic carbocycles. The summed E-state index contributed by atoms with van der Waals surface area (Å²) in [6.07, 6.45) is 3.60. The van der Waals surface area contributed by atoms with Gasteiger partial charge in [0.25, 0.3) is 0 Å². The van der Waals surface area contributed by atoms with Gasteiger partial charge in [0.1, 0.15) is 0 Å². The minimum absolute atomic E-state index is 0.0165. The van der Waals surface area contributed by atoms with Gasteiger partial charge in [-0.1, -0.05) is 11.6 Å². The van der Waals surface area contributed by atoms with Crippen LogP contribution in [0, 0.1) is 0 Å². The number of hydrogen-bond donors (Lipinski definition) is 2. The van der Waals surface area contributed by atoms with E-state index in [4.69, 9.17) is 16.7 Å². The van der Waals surface area contributed by atoms with Crippen molar-refractivity contribution in [2.75, 3.05) is 5.32 Å². The summed E-state index contributed by atoms with van der Waals surface area (Å²) in [7, 11) is -1.93. The Morgan fingerprint density at radius 1 is 1.45 bits per heavy atom. The maximum absolute atomic E-state index is 11.3. The number of halogens is 1. The highest BCUT2D eigenvalue weighted by Gasteiger charge is 2.13. The van der Waals surface area contributed by atoms with E-state index in [0.717, 1.165) is 5.56 Å². The van der Waals surface area contributed by atoms with Crippen molar-refractivity contribution in [3.8, 4) is 0 Å². The number of benzene rings is 1. The van der Waals surface area contributed by atoms with E-state index in [-0.39, 0.29) is 10.9 Å². The Hall–Kier alpha value is -1.57. The van der Waals surface area contributed by atoms with Crippen molar-refractivity contribution in [1.29, 1.82) is 0 Å². The lowest BCUT2D eigenvalue weighted by Crippen LogP contribution is -2.13. The van der Waals surface area contributed by atoms with Gasteiger partial charge < -0.3 is 5.32 Å². The number of primary sulfonamides is 1. The number of nitrogens with two attached hydrogens (primary N) is 1. The molecule has 0 spiro atoms. The van der Waals surface area contributed by atoms with Gasteiger partial charge in [0.2, 0.25) is 10.0 Å². The lowest BCUT2D eigenvalue weighted by molar-refractivity contribution is 0.598. The van der Waals surface area contributed by atoms with Gasteiger partial charge in [0.05, 0.1) is 27.8 Å². The summed E-state index contributed by atoms with van der Waals surface area (Å²) in [6.45, 7) is 1.93. The second kappa shape index (κ2) is 5.43. The molecule has 1 atom stereocenters. The fourth-order valence-corrected chi connectivity index (χ4v) is 2.48. The average molecular weight is 315 g/mol. The van der Waals surface area contributed by atoms with E-state index in [2.05, 4.69) is 10.4 Å². The highest BCUT2D eigenvalue weighted by Crippen LogP contribution is 2.28. The Kier molecular flexibility index (Phi) is 4.03. The van der Waals surface area contributed by atoms with Crippen molar-refractivity contribution in [3.05, 3.63) is 41.2 Å².